The SMILES string of the molecule is O=C(C[n+]1cc(-c2ccccc2)n2c1CCC2)Nc1ccc(F)cc1. The Bertz CT molecular complexity index is 901. The maximum atomic E-state index is 13.0. The van der Waals surface area contributed by atoms with Crippen molar-refractivity contribution in [3.63, 3.8) is 0 Å². The summed E-state index contributed by atoms with van der Waals surface area (Å²) in [7, 11) is 0. The van der Waals surface area contributed by atoms with Gasteiger partial charge in [-0.05, 0) is 30.7 Å². The van der Waals surface area contributed by atoms with Crippen molar-refractivity contribution in [1.82, 2.24) is 4.57 Å². The van der Waals surface area contributed by atoms with Crippen LogP contribution in [0.2, 0.25) is 0 Å². The number of carbonyl (C=O) groups excluding carboxylic acids is 1. The molecule has 0 saturated carbocycles. The van der Waals surface area contributed by atoms with E-state index in [0.717, 1.165) is 30.6 Å². The molecule has 4 nitrogen and oxygen atoms in total. The molecular formula is C20H19FN3O+. The summed E-state index contributed by atoms with van der Waals surface area (Å²) in [6, 6.07) is 16.0. The van der Waals surface area contributed by atoms with Gasteiger partial charge in [0.15, 0.2) is 12.2 Å². The van der Waals surface area contributed by atoms with Crippen molar-refractivity contribution in [1.29, 1.82) is 0 Å². The molecule has 1 amide bonds. The van der Waals surface area contributed by atoms with Gasteiger partial charge in [-0.2, -0.15) is 0 Å². The fraction of sp³-hybridized carbons (Fsp3) is 0.200. The van der Waals surface area contributed by atoms with Crippen LogP contribution in [0, 0.1) is 5.82 Å². The lowest BCUT2D eigenvalue weighted by Gasteiger charge is -2.04. The zero-order chi connectivity index (χ0) is 17.2. The smallest absolute Gasteiger partial charge is 0.266 e. The largest absolute Gasteiger partial charge is 0.323 e. The summed E-state index contributed by atoms with van der Waals surface area (Å²) >= 11 is 0. The van der Waals surface area contributed by atoms with E-state index in [1.807, 2.05) is 29.0 Å². The first-order chi connectivity index (χ1) is 12.2. The first-order valence-electron chi connectivity index (χ1n) is 8.43. The summed E-state index contributed by atoms with van der Waals surface area (Å²) in [5.41, 5.74) is 2.90. The van der Waals surface area contributed by atoms with Crippen molar-refractivity contribution in [2.45, 2.75) is 25.9 Å². The minimum atomic E-state index is -0.315. The number of rotatable bonds is 4. The van der Waals surface area contributed by atoms with Crippen molar-refractivity contribution in [2.24, 2.45) is 0 Å². The van der Waals surface area contributed by atoms with Crippen LogP contribution in [-0.2, 0) is 24.3 Å². The van der Waals surface area contributed by atoms with Crippen LogP contribution in [0.15, 0.2) is 60.8 Å². The second-order valence-electron chi connectivity index (χ2n) is 6.23. The van der Waals surface area contributed by atoms with Crippen molar-refractivity contribution in [3.8, 4) is 11.3 Å². The molecule has 126 valence electrons. The van der Waals surface area contributed by atoms with E-state index in [0.29, 0.717) is 5.69 Å². The molecule has 2 aromatic carbocycles. The number of benzene rings is 2. The van der Waals surface area contributed by atoms with Gasteiger partial charge in [0, 0.05) is 11.3 Å². The summed E-state index contributed by atoms with van der Waals surface area (Å²) in [6.07, 6.45) is 4.11. The normalized spacial score (nSPS) is 12.8. The molecule has 0 unspecified atom stereocenters. The van der Waals surface area contributed by atoms with Crippen LogP contribution in [0.25, 0.3) is 11.3 Å². The standard InChI is InChI=1S/C20H18FN3O/c21-16-8-10-17(11-9-16)22-19(25)14-23-13-18(15-5-2-1-3-6-15)24-12-4-7-20(23)24/h1-3,5-6,8-11,13H,4,7,12,14H2/p+1. The number of aromatic nitrogens is 2. The van der Waals surface area contributed by atoms with Crippen LogP contribution in [0.5, 0.6) is 0 Å². The highest BCUT2D eigenvalue weighted by Crippen LogP contribution is 2.24. The summed E-state index contributed by atoms with van der Waals surface area (Å²) in [5, 5.41) is 2.82. The van der Waals surface area contributed by atoms with E-state index in [-0.39, 0.29) is 18.3 Å². The highest BCUT2D eigenvalue weighted by atomic mass is 19.1. The molecule has 25 heavy (non-hydrogen) atoms. The first kappa shape index (κ1) is 15.6. The molecule has 1 N–H and O–H groups in total. The van der Waals surface area contributed by atoms with Crippen molar-refractivity contribution >= 4 is 11.6 Å². The molecule has 0 aliphatic carbocycles. The molecule has 4 rings (SSSR count). The van der Waals surface area contributed by atoms with Crippen LogP contribution in [-0.4, -0.2) is 10.5 Å². The van der Waals surface area contributed by atoms with Crippen molar-refractivity contribution < 1.29 is 13.8 Å². The van der Waals surface area contributed by atoms with Crippen LogP contribution < -0.4 is 9.88 Å². The molecule has 2 heterocycles. The minimum absolute atomic E-state index is 0.114. The van der Waals surface area contributed by atoms with Crippen LogP contribution >= 0.6 is 0 Å². The highest BCUT2D eigenvalue weighted by molar-refractivity contribution is 5.89. The molecule has 0 saturated heterocycles. The quantitative estimate of drug-likeness (QED) is 0.730. The molecule has 0 spiro atoms. The van der Waals surface area contributed by atoms with E-state index in [9.17, 15) is 9.18 Å². The zero-order valence-electron chi connectivity index (χ0n) is 13.8. The van der Waals surface area contributed by atoms with Gasteiger partial charge >= 0.3 is 0 Å². The average Bonchev–Trinajstić information content (AvgIpc) is 3.22. The highest BCUT2D eigenvalue weighted by Gasteiger charge is 2.29. The molecule has 1 aromatic heterocycles. The first-order valence-corrected chi connectivity index (χ1v) is 8.43. The number of fused-ring (bicyclic) bond motifs is 1. The maximum Gasteiger partial charge on any atom is 0.266 e. The average molecular weight is 336 g/mol. The Kier molecular flexibility index (Phi) is 4.06. The van der Waals surface area contributed by atoms with Gasteiger partial charge in [-0.25, -0.2) is 13.5 Å². The van der Waals surface area contributed by atoms with Gasteiger partial charge in [0.05, 0.1) is 13.0 Å². The van der Waals surface area contributed by atoms with E-state index >= 15 is 0 Å². The molecule has 0 radical (unpaired) electrons. The number of hydrogen-bond donors (Lipinski definition) is 1. The maximum absolute atomic E-state index is 13.0. The van der Waals surface area contributed by atoms with Gasteiger partial charge in [-0.3, -0.25) is 4.79 Å². The number of nitrogens with zero attached hydrogens (tertiary/aromatic N) is 2. The number of anilines is 1. The minimum Gasteiger partial charge on any atom is -0.323 e. The lowest BCUT2D eigenvalue weighted by atomic mass is 10.2. The molecule has 0 bridgehead atoms. The summed E-state index contributed by atoms with van der Waals surface area (Å²) in [5.74, 6) is 0.745. The van der Waals surface area contributed by atoms with Gasteiger partial charge in [0.25, 0.3) is 11.7 Å². The molecule has 1 aliphatic heterocycles. The van der Waals surface area contributed by atoms with Crippen LogP contribution in [0.4, 0.5) is 10.1 Å². The Morgan fingerprint density at radius 1 is 1.12 bits per heavy atom. The predicted octanol–water partition coefficient (Wildman–Crippen LogP) is 3.17. The van der Waals surface area contributed by atoms with E-state index in [1.165, 1.54) is 18.0 Å². The number of amides is 1. The third-order valence-electron chi connectivity index (χ3n) is 4.51. The lowest BCUT2D eigenvalue weighted by molar-refractivity contribution is -0.690. The Morgan fingerprint density at radius 3 is 2.64 bits per heavy atom. The summed E-state index contributed by atoms with van der Waals surface area (Å²) in [4.78, 5) is 12.4. The van der Waals surface area contributed by atoms with E-state index < -0.39 is 0 Å². The molecule has 5 heteroatoms. The topological polar surface area (TPSA) is 37.9 Å². The molecule has 0 atom stereocenters. The van der Waals surface area contributed by atoms with Gasteiger partial charge in [-0.15, -0.1) is 0 Å². The van der Waals surface area contributed by atoms with Gasteiger partial charge in [0.2, 0.25) is 0 Å². The second kappa shape index (κ2) is 6.51. The van der Waals surface area contributed by atoms with E-state index in [1.54, 1.807) is 12.1 Å². The summed E-state index contributed by atoms with van der Waals surface area (Å²) < 4.78 is 17.3. The fourth-order valence-electron chi connectivity index (χ4n) is 3.37. The van der Waals surface area contributed by atoms with E-state index in [4.69, 9.17) is 0 Å². The number of nitrogens with one attached hydrogen (secondary N) is 1. The fourth-order valence-corrected chi connectivity index (χ4v) is 3.37. The molecular weight excluding hydrogens is 317 g/mol. The Balaban J connectivity index is 1.57. The number of hydrogen-bond acceptors (Lipinski definition) is 1. The van der Waals surface area contributed by atoms with Gasteiger partial charge < -0.3 is 5.32 Å². The Morgan fingerprint density at radius 2 is 1.88 bits per heavy atom. The molecule has 0 fully saturated rings. The zero-order valence-corrected chi connectivity index (χ0v) is 13.8. The molecule has 1 aliphatic rings. The number of halogens is 1. The van der Waals surface area contributed by atoms with E-state index in [2.05, 4.69) is 22.0 Å². The lowest BCUT2D eigenvalue weighted by Crippen LogP contribution is -2.42. The van der Waals surface area contributed by atoms with Crippen LogP contribution in [0.1, 0.15) is 12.2 Å². The third kappa shape index (κ3) is 3.18. The Hall–Kier alpha value is -2.95. The van der Waals surface area contributed by atoms with Crippen molar-refractivity contribution in [3.05, 3.63) is 72.4 Å². The second-order valence-corrected chi connectivity index (χ2v) is 6.23. The van der Waals surface area contributed by atoms with Gasteiger partial charge in [-0.1, -0.05) is 30.3 Å². The Labute approximate surface area is 145 Å². The monoisotopic (exact) mass is 336 g/mol. The van der Waals surface area contributed by atoms with Gasteiger partial charge in [0.1, 0.15) is 12.0 Å². The number of carbonyl (C=O) groups is 1. The third-order valence-corrected chi connectivity index (χ3v) is 4.51. The summed E-state index contributed by atoms with van der Waals surface area (Å²) in [6.45, 7) is 1.23. The predicted molar refractivity (Wildman–Crippen MR) is 93.4 cm³/mol. The molecule has 3 aromatic rings. The van der Waals surface area contributed by atoms with Crippen molar-refractivity contribution in [2.75, 3.05) is 5.32 Å². The van der Waals surface area contributed by atoms with Crippen LogP contribution in [0.3, 0.4) is 0 Å². The number of imidazole rings is 1.